The molecule has 1 heterocycles. The molecule has 116 valence electrons. The molecule has 0 fully saturated rings. The van der Waals surface area contributed by atoms with Crippen molar-refractivity contribution in [1.82, 2.24) is 0 Å². The van der Waals surface area contributed by atoms with Crippen LogP contribution in [0.4, 0.5) is 8.78 Å². The number of carboxylic acids is 1. The van der Waals surface area contributed by atoms with E-state index >= 15 is 0 Å². The molecule has 0 amide bonds. The van der Waals surface area contributed by atoms with E-state index in [1.165, 1.54) is 12.1 Å². The highest BCUT2D eigenvalue weighted by Gasteiger charge is 2.35. The molecule has 2 rings (SSSR count). The first-order valence-corrected chi connectivity index (χ1v) is 6.97. The number of hydrogen-bond acceptors (Lipinski definition) is 3. The predicted octanol–water partition coefficient (Wildman–Crippen LogP) is 3.85. The topological polar surface area (TPSA) is 55.8 Å². The molecular weight excluding hydrogens is 306 g/mol. The van der Waals surface area contributed by atoms with Crippen molar-refractivity contribution in [1.29, 1.82) is 0 Å². The van der Waals surface area contributed by atoms with E-state index in [4.69, 9.17) is 26.2 Å². The summed E-state index contributed by atoms with van der Waals surface area (Å²) in [7, 11) is 0. The van der Waals surface area contributed by atoms with E-state index in [0.717, 1.165) is 0 Å². The molecule has 1 N–H and O–H groups in total. The summed E-state index contributed by atoms with van der Waals surface area (Å²) in [5.41, 5.74) is -0.362. The third-order valence-corrected chi connectivity index (χ3v) is 3.43. The number of aliphatic carboxylic acids is 1. The zero-order valence-electron chi connectivity index (χ0n) is 11.2. The Morgan fingerprint density at radius 2 is 1.90 bits per heavy atom. The van der Waals surface area contributed by atoms with Crippen LogP contribution in [0.5, 0.6) is 11.5 Å². The van der Waals surface area contributed by atoms with Gasteiger partial charge in [-0.1, -0.05) is 11.6 Å². The Hall–Kier alpha value is -1.56. The lowest BCUT2D eigenvalue weighted by Crippen LogP contribution is -2.15. The number of alkyl halides is 2. The Balaban J connectivity index is 2.21. The number of halogens is 3. The molecule has 0 aliphatic carbocycles. The monoisotopic (exact) mass is 320 g/mol. The van der Waals surface area contributed by atoms with E-state index in [2.05, 4.69) is 0 Å². The van der Waals surface area contributed by atoms with Gasteiger partial charge in [-0.25, -0.2) is 8.78 Å². The van der Waals surface area contributed by atoms with E-state index in [1.807, 2.05) is 0 Å². The maximum atomic E-state index is 14.2. The number of benzene rings is 1. The number of carbonyl (C=O) groups is 1. The van der Waals surface area contributed by atoms with Crippen molar-refractivity contribution in [2.24, 2.45) is 0 Å². The Labute approximate surface area is 125 Å². The van der Waals surface area contributed by atoms with Crippen molar-refractivity contribution in [3.05, 3.63) is 22.7 Å². The number of hydrogen-bond donors (Lipinski definition) is 1. The number of ether oxygens (including phenoxy) is 2. The molecule has 21 heavy (non-hydrogen) atoms. The first-order chi connectivity index (χ1) is 9.90. The highest BCUT2D eigenvalue weighted by molar-refractivity contribution is 6.31. The summed E-state index contributed by atoms with van der Waals surface area (Å²) >= 11 is 5.91. The molecule has 0 saturated carbocycles. The molecule has 0 radical (unpaired) electrons. The van der Waals surface area contributed by atoms with Crippen LogP contribution in [-0.4, -0.2) is 24.3 Å². The molecule has 0 saturated heterocycles. The quantitative estimate of drug-likeness (QED) is 0.895. The van der Waals surface area contributed by atoms with E-state index < -0.39 is 18.3 Å². The number of fused-ring (bicyclic) bond motifs is 1. The first kappa shape index (κ1) is 15.8. The molecule has 1 aromatic rings. The van der Waals surface area contributed by atoms with Crippen molar-refractivity contribution in [2.45, 2.75) is 31.6 Å². The summed E-state index contributed by atoms with van der Waals surface area (Å²) in [4.78, 5) is 10.4. The van der Waals surface area contributed by atoms with E-state index in [-0.39, 0.29) is 29.2 Å². The highest BCUT2D eigenvalue weighted by Crippen LogP contribution is 2.43. The minimum absolute atomic E-state index is 0.112. The molecule has 1 aliphatic heterocycles. The van der Waals surface area contributed by atoms with E-state index in [0.29, 0.717) is 25.4 Å². The SMILES string of the molecule is O=C(O)CCCC(F)(F)c1cc2c(cc1Cl)OCCCO2. The molecule has 1 aliphatic rings. The standard InChI is InChI=1S/C14H15ClF2O4/c15-10-8-12-11(20-5-2-6-21-12)7-9(10)14(16,17)4-1-3-13(18)19/h7-8H,1-6H2,(H,18,19). The van der Waals surface area contributed by atoms with Gasteiger partial charge in [0, 0.05) is 30.9 Å². The van der Waals surface area contributed by atoms with Gasteiger partial charge in [-0.15, -0.1) is 0 Å². The second-order valence-corrected chi connectivity index (χ2v) is 5.19. The maximum absolute atomic E-state index is 14.2. The van der Waals surface area contributed by atoms with E-state index in [9.17, 15) is 13.6 Å². The molecule has 0 atom stereocenters. The van der Waals surface area contributed by atoms with Crippen LogP contribution in [-0.2, 0) is 10.7 Å². The van der Waals surface area contributed by atoms with Crippen LogP contribution in [0.2, 0.25) is 5.02 Å². The average Bonchev–Trinajstić information content (AvgIpc) is 2.61. The van der Waals surface area contributed by atoms with Crippen LogP contribution in [0, 0.1) is 0 Å². The van der Waals surface area contributed by atoms with Crippen molar-refractivity contribution >= 4 is 17.6 Å². The van der Waals surface area contributed by atoms with Crippen LogP contribution in [0.15, 0.2) is 12.1 Å². The molecule has 1 aromatic carbocycles. The van der Waals surface area contributed by atoms with Gasteiger partial charge in [-0.05, 0) is 12.5 Å². The minimum atomic E-state index is -3.21. The fourth-order valence-electron chi connectivity index (χ4n) is 2.06. The zero-order chi connectivity index (χ0) is 15.5. The smallest absolute Gasteiger partial charge is 0.303 e. The third-order valence-electron chi connectivity index (χ3n) is 3.11. The fraction of sp³-hybridized carbons (Fsp3) is 0.500. The Bertz CT molecular complexity index is 534. The molecule has 7 heteroatoms. The van der Waals surface area contributed by atoms with Crippen LogP contribution >= 0.6 is 11.6 Å². The van der Waals surface area contributed by atoms with Crippen molar-refractivity contribution in [2.75, 3.05) is 13.2 Å². The molecular formula is C14H15ClF2O4. The lowest BCUT2D eigenvalue weighted by Gasteiger charge is -2.19. The first-order valence-electron chi connectivity index (χ1n) is 6.59. The van der Waals surface area contributed by atoms with Crippen molar-refractivity contribution in [3.8, 4) is 11.5 Å². The molecule has 4 nitrogen and oxygen atoms in total. The summed E-state index contributed by atoms with van der Waals surface area (Å²) in [5.74, 6) is -3.72. The number of carboxylic acid groups (broad SMARTS) is 1. The second kappa shape index (κ2) is 6.47. The van der Waals surface area contributed by atoms with Gasteiger partial charge in [0.15, 0.2) is 11.5 Å². The largest absolute Gasteiger partial charge is 0.490 e. The van der Waals surface area contributed by atoms with Gasteiger partial charge >= 0.3 is 5.97 Å². The molecule has 0 bridgehead atoms. The van der Waals surface area contributed by atoms with Crippen LogP contribution in [0.1, 0.15) is 31.2 Å². The van der Waals surface area contributed by atoms with Crippen molar-refractivity contribution in [3.63, 3.8) is 0 Å². The van der Waals surface area contributed by atoms with Gasteiger partial charge in [0.25, 0.3) is 5.92 Å². The Morgan fingerprint density at radius 3 is 2.52 bits per heavy atom. The van der Waals surface area contributed by atoms with Gasteiger partial charge < -0.3 is 14.6 Å². The van der Waals surface area contributed by atoms with Gasteiger partial charge in [0.05, 0.1) is 18.2 Å². The van der Waals surface area contributed by atoms with Gasteiger partial charge in [0.2, 0.25) is 0 Å². The molecule has 0 unspecified atom stereocenters. The van der Waals surface area contributed by atoms with Gasteiger partial charge in [0.1, 0.15) is 0 Å². The van der Waals surface area contributed by atoms with E-state index in [1.54, 1.807) is 0 Å². The summed E-state index contributed by atoms with van der Waals surface area (Å²) in [6.07, 6.45) is -0.361. The second-order valence-electron chi connectivity index (χ2n) is 4.78. The Kier molecular flexibility index (Phi) is 4.88. The van der Waals surface area contributed by atoms with Crippen LogP contribution in [0.25, 0.3) is 0 Å². The lowest BCUT2D eigenvalue weighted by atomic mass is 10.0. The lowest BCUT2D eigenvalue weighted by molar-refractivity contribution is -0.137. The highest BCUT2D eigenvalue weighted by atomic mass is 35.5. The van der Waals surface area contributed by atoms with Gasteiger partial charge in [-0.2, -0.15) is 0 Å². The summed E-state index contributed by atoms with van der Waals surface area (Å²) < 4.78 is 39.1. The van der Waals surface area contributed by atoms with Crippen molar-refractivity contribution < 1.29 is 28.2 Å². The zero-order valence-corrected chi connectivity index (χ0v) is 12.0. The normalized spacial score (nSPS) is 14.6. The average molecular weight is 321 g/mol. The molecule has 0 spiro atoms. The van der Waals surface area contributed by atoms with Crippen LogP contribution in [0.3, 0.4) is 0 Å². The van der Waals surface area contributed by atoms with Crippen LogP contribution < -0.4 is 9.47 Å². The maximum Gasteiger partial charge on any atom is 0.303 e. The summed E-state index contributed by atoms with van der Waals surface area (Å²) in [6, 6.07) is 2.51. The third kappa shape index (κ3) is 3.97. The number of rotatable bonds is 5. The predicted molar refractivity (Wildman–Crippen MR) is 72.4 cm³/mol. The fourth-order valence-corrected chi connectivity index (χ4v) is 2.35. The molecule has 0 aromatic heterocycles. The minimum Gasteiger partial charge on any atom is -0.490 e. The summed E-state index contributed by atoms with van der Waals surface area (Å²) in [6.45, 7) is 0.830. The van der Waals surface area contributed by atoms with Gasteiger partial charge in [-0.3, -0.25) is 4.79 Å². The Morgan fingerprint density at radius 1 is 1.29 bits per heavy atom. The summed E-state index contributed by atoms with van der Waals surface area (Å²) in [5, 5.41) is 8.41.